The molecule has 230 valence electrons. The van der Waals surface area contributed by atoms with Crippen molar-refractivity contribution in [2.45, 2.75) is 64.7 Å². The third-order valence-corrected chi connectivity index (χ3v) is 11.1. The molecule has 0 amide bonds. The van der Waals surface area contributed by atoms with Crippen molar-refractivity contribution < 1.29 is 0 Å². The fourth-order valence-electron chi connectivity index (χ4n) is 8.67. The SMILES string of the molecule is CC1(C)C2=C(CCC(C3C=CCC(c4cccc(-c5nc(C6=CCC=CC=C6)nc(-c6ccccc6)n5)c4)C3)=C2)C2C=CCCC21. The van der Waals surface area contributed by atoms with Crippen LogP contribution in [0.15, 0.2) is 132 Å². The first kappa shape index (κ1) is 29.1. The zero-order valence-corrected chi connectivity index (χ0v) is 27.1. The van der Waals surface area contributed by atoms with Crippen molar-refractivity contribution >= 4 is 5.57 Å². The van der Waals surface area contributed by atoms with Gasteiger partial charge in [0.05, 0.1) is 0 Å². The molecule has 0 N–H and O–H groups in total. The second-order valence-corrected chi connectivity index (χ2v) is 14.2. The van der Waals surface area contributed by atoms with Gasteiger partial charge in [-0.3, -0.25) is 0 Å². The van der Waals surface area contributed by atoms with Crippen molar-refractivity contribution in [1.29, 1.82) is 0 Å². The van der Waals surface area contributed by atoms with E-state index in [2.05, 4.69) is 111 Å². The normalized spacial score (nSPS) is 26.3. The first-order valence-corrected chi connectivity index (χ1v) is 17.3. The second-order valence-electron chi connectivity index (χ2n) is 14.2. The van der Waals surface area contributed by atoms with Crippen LogP contribution in [0.2, 0.25) is 0 Å². The van der Waals surface area contributed by atoms with Crippen LogP contribution in [-0.2, 0) is 0 Å². The highest BCUT2D eigenvalue weighted by molar-refractivity contribution is 5.73. The molecule has 0 spiro atoms. The highest BCUT2D eigenvalue weighted by Crippen LogP contribution is 2.58. The average molecular weight is 602 g/mol. The number of aromatic nitrogens is 3. The lowest BCUT2D eigenvalue weighted by Gasteiger charge is -2.34. The fraction of sp³-hybridized carbons (Fsp3) is 0.326. The fourth-order valence-corrected chi connectivity index (χ4v) is 8.67. The molecule has 1 heterocycles. The van der Waals surface area contributed by atoms with E-state index in [1.807, 2.05) is 18.2 Å². The largest absolute Gasteiger partial charge is 0.208 e. The van der Waals surface area contributed by atoms with Crippen LogP contribution < -0.4 is 0 Å². The van der Waals surface area contributed by atoms with Gasteiger partial charge in [-0.15, -0.1) is 0 Å². The van der Waals surface area contributed by atoms with Crippen LogP contribution in [0.25, 0.3) is 28.3 Å². The maximum Gasteiger partial charge on any atom is 0.164 e. The van der Waals surface area contributed by atoms with Crippen LogP contribution in [0, 0.1) is 23.2 Å². The number of nitrogens with zero attached hydrogens (tertiary/aromatic N) is 3. The van der Waals surface area contributed by atoms with Gasteiger partial charge in [-0.25, -0.2) is 15.0 Å². The minimum absolute atomic E-state index is 0.268. The summed E-state index contributed by atoms with van der Waals surface area (Å²) in [6.45, 7) is 5.01. The van der Waals surface area contributed by atoms with Crippen LogP contribution >= 0.6 is 0 Å². The molecular weight excluding hydrogens is 558 g/mol. The zero-order valence-electron chi connectivity index (χ0n) is 27.1. The van der Waals surface area contributed by atoms with Gasteiger partial charge in [-0.2, -0.15) is 0 Å². The van der Waals surface area contributed by atoms with Crippen LogP contribution in [0.3, 0.4) is 0 Å². The van der Waals surface area contributed by atoms with E-state index >= 15 is 0 Å². The number of hydrogen-bond acceptors (Lipinski definition) is 3. The molecule has 0 bridgehead atoms. The maximum absolute atomic E-state index is 5.04. The Balaban J connectivity index is 1.09. The molecule has 0 radical (unpaired) electrons. The van der Waals surface area contributed by atoms with Crippen molar-refractivity contribution in [3.63, 3.8) is 0 Å². The van der Waals surface area contributed by atoms with Crippen molar-refractivity contribution in [1.82, 2.24) is 15.0 Å². The molecular formula is C43H43N3. The van der Waals surface area contributed by atoms with Gasteiger partial charge >= 0.3 is 0 Å². The first-order valence-electron chi connectivity index (χ1n) is 17.3. The lowest BCUT2D eigenvalue weighted by Crippen LogP contribution is -2.26. The van der Waals surface area contributed by atoms with E-state index in [0.717, 1.165) is 53.5 Å². The number of benzene rings is 2. The van der Waals surface area contributed by atoms with Gasteiger partial charge in [0.25, 0.3) is 0 Å². The quantitative estimate of drug-likeness (QED) is 0.273. The molecule has 0 saturated carbocycles. The molecule has 0 aliphatic heterocycles. The molecule has 0 saturated heterocycles. The smallest absolute Gasteiger partial charge is 0.164 e. The van der Waals surface area contributed by atoms with Gasteiger partial charge in [0.1, 0.15) is 0 Å². The lowest BCUT2D eigenvalue weighted by molar-refractivity contribution is 0.238. The monoisotopic (exact) mass is 601 g/mol. The van der Waals surface area contributed by atoms with Crippen LogP contribution in [0.4, 0.5) is 0 Å². The zero-order chi connectivity index (χ0) is 31.1. The first-order chi connectivity index (χ1) is 22.5. The highest BCUT2D eigenvalue weighted by atomic mass is 15.0. The summed E-state index contributed by atoms with van der Waals surface area (Å²) >= 11 is 0. The van der Waals surface area contributed by atoms with E-state index in [1.54, 1.807) is 16.7 Å². The van der Waals surface area contributed by atoms with E-state index in [1.165, 1.54) is 31.2 Å². The maximum atomic E-state index is 5.04. The second kappa shape index (κ2) is 12.1. The summed E-state index contributed by atoms with van der Waals surface area (Å²) in [5.74, 6) is 4.56. The average Bonchev–Trinajstić information content (AvgIpc) is 3.28. The van der Waals surface area contributed by atoms with Crippen molar-refractivity contribution in [3.05, 3.63) is 143 Å². The minimum atomic E-state index is 0.268. The third kappa shape index (κ3) is 5.40. The van der Waals surface area contributed by atoms with E-state index in [0.29, 0.717) is 23.6 Å². The molecule has 8 rings (SSSR count). The number of allylic oxidation sites excluding steroid dienone is 14. The van der Waals surface area contributed by atoms with Crippen LogP contribution in [-0.4, -0.2) is 15.0 Å². The van der Waals surface area contributed by atoms with Gasteiger partial charge < -0.3 is 0 Å². The Bertz CT molecular complexity index is 1860. The molecule has 5 aliphatic carbocycles. The molecule has 46 heavy (non-hydrogen) atoms. The Morgan fingerprint density at radius 2 is 1.61 bits per heavy atom. The Morgan fingerprint density at radius 1 is 0.783 bits per heavy atom. The summed E-state index contributed by atoms with van der Waals surface area (Å²) < 4.78 is 0. The number of hydrogen-bond donors (Lipinski definition) is 0. The Labute approximate surface area is 274 Å². The molecule has 0 fully saturated rings. The van der Waals surface area contributed by atoms with Gasteiger partial charge in [-0.05, 0) is 85.3 Å². The number of fused-ring (bicyclic) bond motifs is 2. The third-order valence-electron chi connectivity index (χ3n) is 11.1. The van der Waals surface area contributed by atoms with Crippen LogP contribution in [0.5, 0.6) is 0 Å². The lowest BCUT2D eigenvalue weighted by atomic mass is 9.70. The van der Waals surface area contributed by atoms with Gasteiger partial charge in [0, 0.05) is 22.6 Å². The van der Waals surface area contributed by atoms with Gasteiger partial charge in [0.15, 0.2) is 17.5 Å². The van der Waals surface area contributed by atoms with Crippen LogP contribution in [0.1, 0.15) is 76.1 Å². The Morgan fingerprint density at radius 3 is 2.50 bits per heavy atom. The predicted octanol–water partition coefficient (Wildman–Crippen LogP) is 10.8. The standard InChI is InChI=1S/C43H43N3/c1-43(2)38-23-11-10-22-36(38)37-25-24-34(28-39(37)43)32-19-12-18-31(26-32)33-20-13-21-35(27-33)42-45-40(29-14-6-3-4-7-15-29)44-41(46-42)30-16-8-5-9-17-30/h3-6,8-10,12-17,19-22,27-28,31-32,36,38H,7,11,18,23-26H2,1-2H3. The summed E-state index contributed by atoms with van der Waals surface area (Å²) in [4.78, 5) is 15.0. The molecule has 2 aromatic carbocycles. The minimum Gasteiger partial charge on any atom is -0.208 e. The van der Waals surface area contributed by atoms with Gasteiger partial charge in [0.2, 0.25) is 0 Å². The molecule has 5 aliphatic rings. The van der Waals surface area contributed by atoms with E-state index < -0.39 is 0 Å². The Kier molecular flexibility index (Phi) is 7.64. The summed E-state index contributed by atoms with van der Waals surface area (Å²) in [5, 5.41) is 0. The number of rotatable bonds is 5. The molecule has 4 atom stereocenters. The Hall–Kier alpha value is -4.37. The van der Waals surface area contributed by atoms with Crippen molar-refractivity contribution in [2.24, 2.45) is 23.2 Å². The van der Waals surface area contributed by atoms with E-state index in [-0.39, 0.29) is 5.41 Å². The molecule has 3 nitrogen and oxygen atoms in total. The van der Waals surface area contributed by atoms with Crippen molar-refractivity contribution in [2.75, 3.05) is 0 Å². The summed E-state index contributed by atoms with van der Waals surface area (Å²) in [6.07, 6.45) is 31.2. The summed E-state index contributed by atoms with van der Waals surface area (Å²) in [7, 11) is 0. The topological polar surface area (TPSA) is 38.7 Å². The van der Waals surface area contributed by atoms with Gasteiger partial charge in [-0.1, -0.05) is 134 Å². The molecule has 3 heteroatoms. The predicted molar refractivity (Wildman–Crippen MR) is 190 cm³/mol. The molecule has 3 aromatic rings. The summed E-state index contributed by atoms with van der Waals surface area (Å²) in [6, 6.07) is 19.2. The molecule has 1 aromatic heterocycles. The van der Waals surface area contributed by atoms with Crippen molar-refractivity contribution in [3.8, 4) is 22.8 Å². The molecule has 4 unspecified atom stereocenters. The summed E-state index contributed by atoms with van der Waals surface area (Å²) in [5.41, 5.74) is 9.75. The van der Waals surface area contributed by atoms with E-state index in [4.69, 9.17) is 15.0 Å². The highest BCUT2D eigenvalue weighted by Gasteiger charge is 2.47. The van der Waals surface area contributed by atoms with E-state index in [9.17, 15) is 0 Å².